The molecule has 4 heterocycles. The van der Waals surface area contributed by atoms with Gasteiger partial charge in [0.05, 0.1) is 0 Å². The molecule has 2 aromatic heterocycles. The zero-order valence-electron chi connectivity index (χ0n) is 23.7. The van der Waals surface area contributed by atoms with Gasteiger partial charge in [0.1, 0.15) is 5.65 Å². The summed E-state index contributed by atoms with van der Waals surface area (Å²) in [6.45, 7) is 14.6. The van der Waals surface area contributed by atoms with Gasteiger partial charge >= 0.3 is 0 Å². The van der Waals surface area contributed by atoms with Crippen LogP contribution in [0.25, 0.3) is 11.0 Å². The van der Waals surface area contributed by atoms with Crippen LogP contribution >= 0.6 is 0 Å². The molecule has 1 atom stereocenters. The van der Waals surface area contributed by atoms with Crippen molar-refractivity contribution in [3.8, 4) is 0 Å². The van der Waals surface area contributed by atoms with Crippen molar-refractivity contribution in [2.24, 2.45) is 11.3 Å². The second kappa shape index (κ2) is 11.4. The molecule has 1 N–H and O–H groups in total. The number of fused-ring (bicyclic) bond motifs is 1. The third kappa shape index (κ3) is 6.01. The normalized spacial score (nSPS) is 20.3. The highest BCUT2D eigenvalue weighted by Crippen LogP contribution is 2.23. The Labute approximate surface area is 235 Å². The fraction of sp³-hybridized carbons (Fsp3) is 0.500. The standard InChI is InChI=1S/C30H39N7O3/c1-5-25(38)36-19-21(20-36)12-13-37-26(39)11-6-22-18-31-29(33-27(22)37)32-23-7-9-24(10-8-23)34-14-16-35(17-15-34)28(40)30(2,3)4/h5-9,11,18,21,24H,1,10,12-17,19-20H2,2-4H3,(H,31,32,33). The fourth-order valence-electron chi connectivity index (χ4n) is 5.55. The van der Waals surface area contributed by atoms with Crippen molar-refractivity contribution in [2.45, 2.75) is 46.2 Å². The van der Waals surface area contributed by atoms with Crippen molar-refractivity contribution in [1.82, 2.24) is 29.2 Å². The minimum Gasteiger partial charge on any atom is -0.340 e. The molecular formula is C30H39N7O3. The van der Waals surface area contributed by atoms with Crippen molar-refractivity contribution in [2.75, 3.05) is 44.6 Å². The highest BCUT2D eigenvalue weighted by Gasteiger charge is 2.31. The van der Waals surface area contributed by atoms with Crippen LogP contribution in [0.4, 0.5) is 5.95 Å². The van der Waals surface area contributed by atoms with Crippen LogP contribution in [0.1, 0.15) is 33.6 Å². The lowest BCUT2D eigenvalue weighted by Crippen LogP contribution is -2.53. The summed E-state index contributed by atoms with van der Waals surface area (Å²) in [6, 6.07) is 3.60. The largest absolute Gasteiger partial charge is 0.340 e. The molecule has 1 aliphatic carbocycles. The van der Waals surface area contributed by atoms with Gasteiger partial charge in [0.25, 0.3) is 5.56 Å². The van der Waals surface area contributed by atoms with Crippen molar-refractivity contribution in [1.29, 1.82) is 0 Å². The summed E-state index contributed by atoms with van der Waals surface area (Å²) >= 11 is 0. The third-order valence-electron chi connectivity index (χ3n) is 7.97. The number of likely N-dealkylation sites (tertiary alicyclic amines) is 1. The molecule has 2 saturated heterocycles. The first-order chi connectivity index (χ1) is 19.1. The SMILES string of the molecule is C=CC(=O)N1CC(CCn2c(=O)ccc3cnc(NC4=CCC(N5CCN(C(=O)C(C)(C)C)CC5)C=C4)nc32)C1. The summed E-state index contributed by atoms with van der Waals surface area (Å²) < 4.78 is 1.70. The van der Waals surface area contributed by atoms with E-state index in [1.165, 1.54) is 6.08 Å². The number of carbonyl (C=O) groups excluding carboxylic acids is 2. The lowest BCUT2D eigenvalue weighted by molar-refractivity contribution is -0.141. The Morgan fingerprint density at radius 2 is 1.88 bits per heavy atom. The van der Waals surface area contributed by atoms with Crippen molar-refractivity contribution < 1.29 is 9.59 Å². The molecule has 40 heavy (non-hydrogen) atoms. The van der Waals surface area contributed by atoms with E-state index in [1.54, 1.807) is 27.8 Å². The van der Waals surface area contributed by atoms with Gasteiger partial charge in [-0.1, -0.05) is 39.5 Å². The Bertz CT molecular complexity index is 1410. The second-order valence-electron chi connectivity index (χ2n) is 11.9. The molecule has 212 valence electrons. The maximum Gasteiger partial charge on any atom is 0.252 e. The van der Waals surface area contributed by atoms with E-state index in [2.05, 4.69) is 40.0 Å². The summed E-state index contributed by atoms with van der Waals surface area (Å²) in [5.74, 6) is 0.975. The molecule has 2 amide bonds. The van der Waals surface area contributed by atoms with Crippen molar-refractivity contribution in [3.05, 3.63) is 65.3 Å². The molecule has 0 saturated carbocycles. The van der Waals surface area contributed by atoms with Gasteiger partial charge in [-0.25, -0.2) is 4.98 Å². The summed E-state index contributed by atoms with van der Waals surface area (Å²) in [4.78, 5) is 52.4. The van der Waals surface area contributed by atoms with Crippen LogP contribution in [-0.2, 0) is 16.1 Å². The second-order valence-corrected chi connectivity index (χ2v) is 11.9. The first-order valence-electron chi connectivity index (χ1n) is 14.1. The number of anilines is 1. The Morgan fingerprint density at radius 1 is 1.12 bits per heavy atom. The van der Waals surface area contributed by atoms with E-state index in [9.17, 15) is 14.4 Å². The van der Waals surface area contributed by atoms with Crippen LogP contribution in [0.3, 0.4) is 0 Å². The van der Waals surface area contributed by atoms with Gasteiger partial charge in [-0.05, 0) is 37.0 Å². The van der Waals surface area contributed by atoms with Gasteiger partial charge in [0, 0.05) is 80.6 Å². The van der Waals surface area contributed by atoms with Crippen LogP contribution in [-0.4, -0.2) is 86.4 Å². The smallest absolute Gasteiger partial charge is 0.252 e. The molecule has 10 nitrogen and oxygen atoms in total. The zero-order chi connectivity index (χ0) is 28.4. The van der Waals surface area contributed by atoms with Gasteiger partial charge in [-0.15, -0.1) is 0 Å². The predicted octanol–water partition coefficient (Wildman–Crippen LogP) is 2.64. The van der Waals surface area contributed by atoms with Crippen molar-refractivity contribution >= 4 is 28.8 Å². The van der Waals surface area contributed by atoms with Gasteiger partial charge in [-0.3, -0.25) is 23.9 Å². The van der Waals surface area contributed by atoms with Crippen LogP contribution in [0.5, 0.6) is 0 Å². The van der Waals surface area contributed by atoms with E-state index in [0.29, 0.717) is 43.2 Å². The molecule has 0 aromatic carbocycles. The molecule has 2 aliphatic heterocycles. The number of rotatable bonds is 7. The molecule has 2 aromatic rings. The van der Waals surface area contributed by atoms with E-state index >= 15 is 0 Å². The van der Waals surface area contributed by atoms with Crippen LogP contribution in [0.15, 0.2) is 59.7 Å². The number of hydrogen-bond acceptors (Lipinski definition) is 7. The number of aryl methyl sites for hydroxylation is 1. The number of carbonyl (C=O) groups is 2. The maximum atomic E-state index is 12.7. The lowest BCUT2D eigenvalue weighted by Gasteiger charge is -2.40. The van der Waals surface area contributed by atoms with Gasteiger partial charge < -0.3 is 15.1 Å². The van der Waals surface area contributed by atoms with E-state index in [0.717, 1.165) is 50.1 Å². The van der Waals surface area contributed by atoms with Gasteiger partial charge in [-0.2, -0.15) is 4.98 Å². The minimum atomic E-state index is -0.346. The van der Waals surface area contributed by atoms with Gasteiger partial charge in [0.15, 0.2) is 0 Å². The van der Waals surface area contributed by atoms with E-state index < -0.39 is 0 Å². The van der Waals surface area contributed by atoms with Crippen LogP contribution < -0.4 is 10.9 Å². The summed E-state index contributed by atoms with van der Waals surface area (Å²) in [7, 11) is 0. The average Bonchev–Trinajstić information content (AvgIpc) is 2.92. The number of nitrogens with zero attached hydrogens (tertiary/aromatic N) is 6. The molecule has 10 heteroatoms. The van der Waals surface area contributed by atoms with Crippen LogP contribution in [0, 0.1) is 11.3 Å². The summed E-state index contributed by atoms with van der Waals surface area (Å²) in [5, 5.41) is 4.11. The van der Waals surface area contributed by atoms with Crippen molar-refractivity contribution in [3.63, 3.8) is 0 Å². The maximum absolute atomic E-state index is 12.7. The Hall–Kier alpha value is -3.79. The predicted molar refractivity (Wildman–Crippen MR) is 156 cm³/mol. The topological polar surface area (TPSA) is 104 Å². The Balaban J connectivity index is 1.18. The first kappa shape index (κ1) is 27.8. The zero-order valence-corrected chi connectivity index (χ0v) is 23.7. The molecule has 1 unspecified atom stereocenters. The number of amides is 2. The Kier molecular flexibility index (Phi) is 7.89. The first-order valence-corrected chi connectivity index (χ1v) is 14.1. The van der Waals surface area contributed by atoms with E-state index in [4.69, 9.17) is 4.98 Å². The number of pyridine rings is 1. The quantitative estimate of drug-likeness (QED) is 0.534. The molecular weight excluding hydrogens is 506 g/mol. The highest BCUT2D eigenvalue weighted by molar-refractivity contribution is 5.87. The highest BCUT2D eigenvalue weighted by atomic mass is 16.2. The number of nitrogens with one attached hydrogen (secondary N) is 1. The third-order valence-corrected chi connectivity index (χ3v) is 7.97. The molecule has 0 spiro atoms. The summed E-state index contributed by atoms with van der Waals surface area (Å²) in [5.41, 5.74) is 1.08. The number of hydrogen-bond donors (Lipinski definition) is 1. The number of piperazine rings is 1. The van der Waals surface area contributed by atoms with E-state index in [-0.39, 0.29) is 22.8 Å². The molecule has 5 rings (SSSR count). The van der Waals surface area contributed by atoms with Gasteiger partial charge in [0.2, 0.25) is 17.8 Å². The minimum absolute atomic E-state index is 0.0467. The lowest BCUT2D eigenvalue weighted by atomic mass is 9.94. The van der Waals surface area contributed by atoms with E-state index in [1.807, 2.05) is 25.7 Å². The Morgan fingerprint density at radius 3 is 2.52 bits per heavy atom. The summed E-state index contributed by atoms with van der Waals surface area (Å²) in [6.07, 6.45) is 11.1. The average molecular weight is 546 g/mol. The molecule has 0 bridgehead atoms. The fourth-order valence-corrected chi connectivity index (χ4v) is 5.55. The van der Waals surface area contributed by atoms with Crippen LogP contribution in [0.2, 0.25) is 0 Å². The number of aromatic nitrogens is 3. The molecule has 2 fully saturated rings. The molecule has 3 aliphatic rings. The molecule has 0 radical (unpaired) electrons. The monoisotopic (exact) mass is 545 g/mol. The number of allylic oxidation sites excluding steroid dienone is 1.